The fourth-order valence-electron chi connectivity index (χ4n) is 3.09. The van der Waals surface area contributed by atoms with E-state index in [4.69, 9.17) is 18.9 Å². The van der Waals surface area contributed by atoms with Crippen molar-refractivity contribution in [2.45, 2.75) is 65.0 Å². The standard InChI is InChI=1S/C23H28O8/c1-5-14-22(3)28-18(24)16(19(25)29-22)12-10-8-7-9-11-13-17-20(26)30-23(4,15-6-2)31-21(17)27/h7-13,24H,5-6,14-15H2,1-4H3/p-1/b8-7+,11-9+,12-10+,17-13?. The summed E-state index contributed by atoms with van der Waals surface area (Å²) < 4.78 is 20.8. The SMILES string of the molecule is CCCC1(C)OC(=O)C(=C/C=C/C=C/C=C/C2=C([O-])OC(C)(CCC)OC2=O)C(=O)O1. The Hall–Kier alpha value is -3.29. The fourth-order valence-corrected chi connectivity index (χ4v) is 3.09. The third-order valence-electron chi connectivity index (χ3n) is 4.49. The van der Waals surface area contributed by atoms with E-state index in [1.807, 2.05) is 13.8 Å². The highest BCUT2D eigenvalue weighted by atomic mass is 16.8. The van der Waals surface area contributed by atoms with E-state index in [1.165, 1.54) is 24.3 Å². The second-order valence-corrected chi connectivity index (χ2v) is 7.45. The van der Waals surface area contributed by atoms with E-state index in [-0.39, 0.29) is 11.1 Å². The zero-order valence-corrected chi connectivity index (χ0v) is 18.1. The van der Waals surface area contributed by atoms with Gasteiger partial charge in [-0.05, 0) is 31.9 Å². The second kappa shape index (κ2) is 10.1. The molecule has 2 rings (SSSR count). The minimum Gasteiger partial charge on any atom is -0.574 e. The molecule has 0 aromatic heterocycles. The molecule has 31 heavy (non-hydrogen) atoms. The van der Waals surface area contributed by atoms with Crippen molar-refractivity contribution in [3.05, 3.63) is 59.6 Å². The number of ether oxygens (including phenoxy) is 4. The zero-order valence-electron chi connectivity index (χ0n) is 18.1. The molecule has 0 aliphatic carbocycles. The minimum absolute atomic E-state index is 0.202. The molecule has 0 saturated carbocycles. The molecule has 1 atom stereocenters. The zero-order chi connectivity index (χ0) is 23.1. The molecule has 0 radical (unpaired) electrons. The van der Waals surface area contributed by atoms with E-state index >= 15 is 0 Å². The van der Waals surface area contributed by atoms with Gasteiger partial charge in [-0.25, -0.2) is 14.4 Å². The molecule has 0 aromatic rings. The van der Waals surface area contributed by atoms with E-state index in [2.05, 4.69) is 0 Å². The first-order chi connectivity index (χ1) is 14.6. The van der Waals surface area contributed by atoms with Crippen LogP contribution in [0.15, 0.2) is 59.6 Å². The summed E-state index contributed by atoms with van der Waals surface area (Å²) in [6.45, 7) is 6.88. The van der Waals surface area contributed by atoms with Crippen LogP contribution in [0.5, 0.6) is 0 Å². The lowest BCUT2D eigenvalue weighted by Gasteiger charge is -2.41. The van der Waals surface area contributed by atoms with Crippen molar-refractivity contribution in [3.8, 4) is 0 Å². The normalized spacial score (nSPS) is 27.0. The first kappa shape index (κ1) is 24.0. The highest BCUT2D eigenvalue weighted by Gasteiger charge is 2.41. The molecule has 2 aliphatic rings. The number of allylic oxidation sites excluding steroid dienone is 6. The average Bonchev–Trinajstić information content (AvgIpc) is 2.64. The van der Waals surface area contributed by atoms with Gasteiger partial charge in [-0.3, -0.25) is 0 Å². The van der Waals surface area contributed by atoms with Gasteiger partial charge in [0.2, 0.25) is 0 Å². The predicted molar refractivity (Wildman–Crippen MR) is 109 cm³/mol. The van der Waals surface area contributed by atoms with Crippen LogP contribution in [0.4, 0.5) is 0 Å². The molecule has 1 fully saturated rings. The van der Waals surface area contributed by atoms with Crippen molar-refractivity contribution in [2.24, 2.45) is 0 Å². The predicted octanol–water partition coefficient (Wildman–Crippen LogP) is 2.86. The maximum absolute atomic E-state index is 12.0. The van der Waals surface area contributed by atoms with Crippen LogP contribution in [0.25, 0.3) is 0 Å². The second-order valence-electron chi connectivity index (χ2n) is 7.45. The van der Waals surface area contributed by atoms with Gasteiger partial charge in [0.25, 0.3) is 5.79 Å². The number of carbonyl (C=O) groups excluding carboxylic acids is 3. The third-order valence-corrected chi connectivity index (χ3v) is 4.49. The summed E-state index contributed by atoms with van der Waals surface area (Å²) in [5.74, 6) is -5.41. The van der Waals surface area contributed by atoms with Crippen molar-refractivity contribution in [1.29, 1.82) is 0 Å². The van der Waals surface area contributed by atoms with Crippen LogP contribution in [0.2, 0.25) is 0 Å². The highest BCUT2D eigenvalue weighted by molar-refractivity contribution is 6.15. The Morgan fingerprint density at radius 1 is 0.742 bits per heavy atom. The highest BCUT2D eigenvalue weighted by Crippen LogP contribution is 2.29. The van der Waals surface area contributed by atoms with E-state index < -0.39 is 35.4 Å². The molecule has 2 aliphatic heterocycles. The number of hydrogen-bond donors (Lipinski definition) is 0. The van der Waals surface area contributed by atoms with E-state index in [9.17, 15) is 19.5 Å². The smallest absolute Gasteiger partial charge is 0.348 e. The topological polar surface area (TPSA) is 111 Å². The molecule has 1 unspecified atom stereocenters. The molecular weight excluding hydrogens is 404 g/mol. The lowest BCUT2D eigenvalue weighted by molar-refractivity contribution is -0.396. The van der Waals surface area contributed by atoms with Gasteiger partial charge in [0.15, 0.2) is 5.79 Å². The van der Waals surface area contributed by atoms with E-state index in [0.717, 1.165) is 0 Å². The van der Waals surface area contributed by atoms with Crippen LogP contribution in [0, 0.1) is 0 Å². The van der Waals surface area contributed by atoms with Gasteiger partial charge >= 0.3 is 17.9 Å². The maximum atomic E-state index is 12.0. The molecule has 0 spiro atoms. The van der Waals surface area contributed by atoms with Crippen LogP contribution in [-0.2, 0) is 33.3 Å². The summed E-state index contributed by atoms with van der Waals surface area (Å²) in [6, 6.07) is 0. The van der Waals surface area contributed by atoms with Gasteiger partial charge in [0.05, 0.1) is 11.5 Å². The molecule has 8 heteroatoms. The maximum Gasteiger partial charge on any atom is 0.348 e. The van der Waals surface area contributed by atoms with Crippen molar-refractivity contribution in [2.75, 3.05) is 0 Å². The molecule has 0 N–H and O–H groups in total. The molecule has 0 bridgehead atoms. The van der Waals surface area contributed by atoms with Gasteiger partial charge in [0, 0.05) is 13.3 Å². The Labute approximate surface area is 181 Å². The molecule has 2 heterocycles. The summed E-state index contributed by atoms with van der Waals surface area (Å²) in [4.78, 5) is 36.1. The molecule has 0 amide bonds. The number of rotatable bonds is 8. The Kier molecular flexibility index (Phi) is 7.85. The van der Waals surface area contributed by atoms with Gasteiger partial charge in [-0.15, -0.1) is 0 Å². The number of cyclic esters (lactones) is 3. The van der Waals surface area contributed by atoms with Crippen molar-refractivity contribution < 1.29 is 38.4 Å². The van der Waals surface area contributed by atoms with Crippen molar-refractivity contribution >= 4 is 17.9 Å². The van der Waals surface area contributed by atoms with Gasteiger partial charge in [-0.2, -0.15) is 0 Å². The lowest BCUT2D eigenvalue weighted by Crippen LogP contribution is -2.44. The fraction of sp³-hybridized carbons (Fsp3) is 0.435. The van der Waals surface area contributed by atoms with Crippen molar-refractivity contribution in [1.82, 2.24) is 0 Å². The third kappa shape index (κ3) is 6.34. The summed E-state index contributed by atoms with van der Waals surface area (Å²) in [6.07, 6.45) is 12.4. The quantitative estimate of drug-likeness (QED) is 0.250. The van der Waals surface area contributed by atoms with Gasteiger partial charge in [0.1, 0.15) is 5.57 Å². The van der Waals surface area contributed by atoms with Crippen LogP contribution in [0.3, 0.4) is 0 Å². The first-order valence-electron chi connectivity index (χ1n) is 10.1. The summed E-state index contributed by atoms with van der Waals surface area (Å²) >= 11 is 0. The Morgan fingerprint density at radius 3 is 1.77 bits per heavy atom. The van der Waals surface area contributed by atoms with Gasteiger partial charge < -0.3 is 24.1 Å². The largest absolute Gasteiger partial charge is 0.574 e. The monoisotopic (exact) mass is 431 g/mol. The van der Waals surface area contributed by atoms with Crippen LogP contribution in [0.1, 0.15) is 53.4 Å². The van der Waals surface area contributed by atoms with E-state index in [0.29, 0.717) is 25.7 Å². The number of hydrogen-bond acceptors (Lipinski definition) is 8. The minimum atomic E-state index is -1.23. The van der Waals surface area contributed by atoms with E-state index in [1.54, 1.807) is 32.1 Å². The van der Waals surface area contributed by atoms with Crippen LogP contribution >= 0.6 is 0 Å². The summed E-state index contributed by atoms with van der Waals surface area (Å²) in [7, 11) is 0. The molecular formula is C23H27O8-. The molecule has 1 saturated heterocycles. The lowest BCUT2D eigenvalue weighted by atomic mass is 10.1. The van der Waals surface area contributed by atoms with Crippen LogP contribution in [-0.4, -0.2) is 29.5 Å². The Bertz CT molecular complexity index is 854. The Balaban J connectivity index is 1.96. The van der Waals surface area contributed by atoms with Gasteiger partial charge in [-0.1, -0.05) is 50.6 Å². The van der Waals surface area contributed by atoms with Crippen molar-refractivity contribution in [3.63, 3.8) is 0 Å². The summed E-state index contributed by atoms with van der Waals surface area (Å²) in [5, 5.41) is 12.0. The number of esters is 3. The average molecular weight is 431 g/mol. The molecule has 8 nitrogen and oxygen atoms in total. The molecule has 0 aromatic carbocycles. The Morgan fingerprint density at radius 2 is 1.23 bits per heavy atom. The summed E-state index contributed by atoms with van der Waals surface area (Å²) in [5.41, 5.74) is -0.403. The van der Waals surface area contributed by atoms with Crippen LogP contribution < -0.4 is 5.11 Å². The first-order valence-corrected chi connectivity index (χ1v) is 10.1. The number of carbonyl (C=O) groups is 3. The molecule has 168 valence electrons.